The predicted molar refractivity (Wildman–Crippen MR) is 157 cm³/mol. The molecular weight excluding hydrogens is 538 g/mol. The van der Waals surface area contributed by atoms with Crippen LogP contribution in [0.5, 0.6) is 5.75 Å². The third kappa shape index (κ3) is 9.16. The van der Waals surface area contributed by atoms with Crippen molar-refractivity contribution in [2.45, 2.75) is 85.2 Å². The first-order valence-electron chi connectivity index (χ1n) is 13.4. The van der Waals surface area contributed by atoms with Crippen molar-refractivity contribution >= 4 is 17.2 Å². The van der Waals surface area contributed by atoms with Crippen LogP contribution in [0.2, 0.25) is 0 Å². The van der Waals surface area contributed by atoms with E-state index in [4.69, 9.17) is 13.8 Å². The highest BCUT2D eigenvalue weighted by Gasteiger charge is 2.45. The van der Waals surface area contributed by atoms with Crippen LogP contribution in [0.4, 0.5) is 0 Å². The lowest BCUT2D eigenvalue weighted by Gasteiger charge is -2.40. The van der Waals surface area contributed by atoms with E-state index in [1.165, 1.54) is 5.56 Å². The van der Waals surface area contributed by atoms with Crippen LogP contribution in [0, 0.1) is 5.41 Å². The van der Waals surface area contributed by atoms with Crippen LogP contribution in [0.1, 0.15) is 113 Å². The molecule has 0 aromatic heterocycles. The first kappa shape index (κ1) is 34.0. The Balaban J connectivity index is 2.84. The summed E-state index contributed by atoms with van der Waals surface area (Å²) in [5.74, 6) is 1.46. The predicted octanol–water partition coefficient (Wildman–Crippen LogP) is 6.74. The molecule has 2 rings (SSSR count). The van der Waals surface area contributed by atoms with Crippen LogP contribution in [-0.2, 0) is 9.05 Å². The van der Waals surface area contributed by atoms with Gasteiger partial charge in [0.1, 0.15) is 11.9 Å². The number of benzene rings is 2. The van der Waals surface area contributed by atoms with Gasteiger partial charge in [-0.05, 0) is 57.6 Å². The van der Waals surface area contributed by atoms with Gasteiger partial charge in [0.25, 0.3) is 0 Å². The van der Waals surface area contributed by atoms with Gasteiger partial charge in [0.2, 0.25) is 0 Å². The van der Waals surface area contributed by atoms with E-state index in [0.717, 1.165) is 22.3 Å². The Morgan fingerprint density at radius 2 is 1.10 bits per heavy atom. The van der Waals surface area contributed by atoms with Crippen LogP contribution < -0.4 is 4.74 Å². The van der Waals surface area contributed by atoms with E-state index < -0.39 is 35.3 Å². The Morgan fingerprint density at radius 1 is 0.641 bits per heavy atom. The minimum Gasteiger partial charge on any atom is -0.485 e. The monoisotopic (exact) mass is 584 g/mol. The van der Waals surface area contributed by atoms with Gasteiger partial charge in [0.05, 0.1) is 25.2 Å². The molecule has 0 aliphatic rings. The lowest BCUT2D eigenvalue weighted by Crippen LogP contribution is -2.44. The molecule has 0 spiro atoms. The van der Waals surface area contributed by atoms with Gasteiger partial charge in [-0.3, -0.25) is 0 Å². The van der Waals surface area contributed by atoms with Crippen molar-refractivity contribution in [3.05, 3.63) is 64.2 Å². The molecule has 39 heavy (non-hydrogen) atoms. The van der Waals surface area contributed by atoms with E-state index in [1.807, 2.05) is 24.3 Å². The molecule has 0 saturated carbocycles. The Hall–Kier alpha value is -1.18. The van der Waals surface area contributed by atoms with Crippen molar-refractivity contribution in [3.63, 3.8) is 0 Å². The molecule has 8 nitrogen and oxygen atoms in total. The van der Waals surface area contributed by atoms with Gasteiger partial charge >= 0.3 is 17.2 Å². The van der Waals surface area contributed by atoms with Gasteiger partial charge in [-0.15, -0.1) is 0 Å². The van der Waals surface area contributed by atoms with E-state index in [-0.39, 0.29) is 25.0 Å². The summed E-state index contributed by atoms with van der Waals surface area (Å²) in [5, 5.41) is 10.8. The number of aliphatic hydroxyl groups excluding tert-OH is 1. The van der Waals surface area contributed by atoms with E-state index in [1.54, 1.807) is 0 Å². The average Bonchev–Trinajstić information content (AvgIpc) is 2.87. The molecule has 0 aliphatic heterocycles. The second-order valence-corrected chi connectivity index (χ2v) is 12.9. The topological polar surface area (TPSA) is 129 Å². The van der Waals surface area contributed by atoms with E-state index in [2.05, 4.69) is 67.5 Å². The summed E-state index contributed by atoms with van der Waals surface area (Å²) in [7, 11) is -5.51. The summed E-state index contributed by atoms with van der Waals surface area (Å²) < 4.78 is 17.3. The van der Waals surface area contributed by atoms with Crippen molar-refractivity contribution in [3.8, 4) is 5.75 Å². The number of rotatable bonds is 15. The largest absolute Gasteiger partial charge is 0.485 e. The molecule has 5 N–H and O–H groups in total. The summed E-state index contributed by atoms with van der Waals surface area (Å²) in [6.07, 6.45) is -0.895. The molecule has 1 atom stereocenters. The number of ether oxygens (including phenoxy) is 1. The first-order chi connectivity index (χ1) is 18.2. The smallest absolute Gasteiger partial charge is 0.327 e. The lowest BCUT2D eigenvalue weighted by atomic mass is 9.77. The molecule has 0 fully saturated rings. The van der Waals surface area contributed by atoms with E-state index in [0.29, 0.717) is 17.6 Å². The molecule has 10 heteroatoms. The number of hydrogen-bond donors (Lipinski definition) is 5. The molecule has 220 valence electrons. The van der Waals surface area contributed by atoms with Crippen LogP contribution in [0.15, 0.2) is 36.4 Å². The van der Waals surface area contributed by atoms with Crippen molar-refractivity contribution in [2.75, 3.05) is 19.8 Å². The zero-order valence-corrected chi connectivity index (χ0v) is 26.1. The number of hydrogen-bond acceptors (Lipinski definition) is 8. The highest BCUT2D eigenvalue weighted by molar-refractivity contribution is 7.39. The summed E-state index contributed by atoms with van der Waals surface area (Å²) in [5.41, 5.74) is 3.67. The van der Waals surface area contributed by atoms with Crippen molar-refractivity contribution in [1.29, 1.82) is 0 Å². The second kappa shape index (κ2) is 15.2. The van der Waals surface area contributed by atoms with Gasteiger partial charge < -0.3 is 38.5 Å². The molecule has 0 bridgehead atoms. The van der Waals surface area contributed by atoms with Crippen molar-refractivity contribution in [2.24, 2.45) is 5.41 Å². The maximum Gasteiger partial charge on any atom is 0.327 e. The maximum absolute atomic E-state index is 10.8. The second-order valence-electron chi connectivity index (χ2n) is 11.4. The maximum atomic E-state index is 10.8. The minimum absolute atomic E-state index is 0.0940. The Bertz CT molecular complexity index is 1030. The molecule has 0 amide bonds. The SMILES string of the molecule is CC(C)c1ccc(OC(c2ccc(C(C)C)cc2C(C)C)C(CO)(COP(O)O)COP(O)O)c(C(C)C)c1. The molecule has 2 aromatic rings. The molecule has 0 radical (unpaired) electrons. The molecule has 0 saturated heterocycles. The van der Waals surface area contributed by atoms with Crippen LogP contribution in [0.3, 0.4) is 0 Å². The lowest BCUT2D eigenvalue weighted by molar-refractivity contribution is -0.0660. The molecule has 0 aliphatic carbocycles. The highest BCUT2D eigenvalue weighted by Crippen LogP contribution is 2.47. The van der Waals surface area contributed by atoms with Crippen LogP contribution >= 0.6 is 17.2 Å². The van der Waals surface area contributed by atoms with Gasteiger partial charge in [0.15, 0.2) is 0 Å². The van der Waals surface area contributed by atoms with Gasteiger partial charge in [0, 0.05) is 0 Å². The van der Waals surface area contributed by atoms with Crippen molar-refractivity contribution < 1.29 is 38.5 Å². The summed E-state index contributed by atoms with van der Waals surface area (Å²) >= 11 is 0. The van der Waals surface area contributed by atoms with Gasteiger partial charge in [-0.1, -0.05) is 85.7 Å². The standard InChI is InChI=1S/C29H46O8P2/c1-18(2)22-9-11-24(25(13-22)20(5)6)28(29(15-30,16-35-38(31)32)17-36-39(33)34)37-27-12-10-23(19(3)4)14-26(27)21(7)8/h9-14,18-21,28,30-34H,15-17H2,1-8H3. The Kier molecular flexibility index (Phi) is 13.2. The van der Waals surface area contributed by atoms with E-state index in [9.17, 15) is 24.7 Å². The zero-order valence-electron chi connectivity index (χ0n) is 24.3. The normalized spacial score (nSPS) is 13.5. The fraction of sp³-hybridized carbons (Fsp3) is 0.586. The van der Waals surface area contributed by atoms with E-state index >= 15 is 0 Å². The van der Waals surface area contributed by atoms with Crippen LogP contribution in [0.25, 0.3) is 0 Å². The van der Waals surface area contributed by atoms with Gasteiger partial charge in [-0.25, -0.2) is 0 Å². The number of aliphatic hydroxyl groups is 1. The molecule has 2 aromatic carbocycles. The Morgan fingerprint density at radius 3 is 1.51 bits per heavy atom. The zero-order chi connectivity index (χ0) is 29.5. The molecule has 0 heterocycles. The summed E-state index contributed by atoms with van der Waals surface area (Å²) in [6.45, 7) is 15.5. The fourth-order valence-electron chi connectivity index (χ4n) is 4.56. The highest BCUT2D eigenvalue weighted by atomic mass is 31.2. The fourth-order valence-corrected chi connectivity index (χ4v) is 5.31. The third-order valence-corrected chi connectivity index (χ3v) is 7.78. The summed E-state index contributed by atoms with van der Waals surface area (Å²) in [4.78, 5) is 38.4. The van der Waals surface area contributed by atoms with Crippen LogP contribution in [-0.4, -0.2) is 44.5 Å². The average molecular weight is 585 g/mol. The minimum atomic E-state index is -2.75. The Labute approximate surface area is 236 Å². The third-order valence-electron chi connectivity index (χ3n) is 7.06. The molecular formula is C29H46O8P2. The summed E-state index contributed by atoms with van der Waals surface area (Å²) in [6, 6.07) is 12.2. The van der Waals surface area contributed by atoms with Crippen molar-refractivity contribution in [1.82, 2.24) is 0 Å². The molecule has 1 unspecified atom stereocenters. The first-order valence-corrected chi connectivity index (χ1v) is 15.7. The quantitative estimate of drug-likeness (QED) is 0.146. The van der Waals surface area contributed by atoms with Gasteiger partial charge in [-0.2, -0.15) is 0 Å².